The van der Waals surface area contributed by atoms with Crippen molar-refractivity contribution in [3.8, 4) is 0 Å². The lowest BCUT2D eigenvalue weighted by atomic mass is 9.84. The van der Waals surface area contributed by atoms with Crippen molar-refractivity contribution in [3.63, 3.8) is 0 Å². The van der Waals surface area contributed by atoms with Gasteiger partial charge in [0.15, 0.2) is 0 Å². The van der Waals surface area contributed by atoms with Crippen molar-refractivity contribution in [1.29, 1.82) is 0 Å². The van der Waals surface area contributed by atoms with E-state index >= 15 is 0 Å². The first kappa shape index (κ1) is 23.8. The lowest BCUT2D eigenvalue weighted by Gasteiger charge is -2.35. The van der Waals surface area contributed by atoms with Crippen LogP contribution in [0, 0.1) is 19.3 Å². The lowest BCUT2D eigenvalue weighted by molar-refractivity contribution is 0.0425. The number of nitrogens with one attached hydrogen (secondary N) is 1. The molecule has 0 aliphatic rings. The standard InChI is InChI=1S/C26H36N2O2/c1-8-10-23(26(5,6)7)27-28(24(29)21-13-11-20(9-2)12-14-21)25(30)22-16-18(3)15-19(4)17-22/h11-17,23,27H,8-10H2,1-7H3/t23-/m1/s1. The van der Waals surface area contributed by atoms with Gasteiger partial charge in [0.2, 0.25) is 0 Å². The first-order chi connectivity index (χ1) is 14.1. The highest BCUT2D eigenvalue weighted by atomic mass is 16.2. The molecule has 0 bridgehead atoms. The molecular formula is C26H36N2O2. The van der Waals surface area contributed by atoms with E-state index in [1.54, 1.807) is 12.1 Å². The summed E-state index contributed by atoms with van der Waals surface area (Å²) in [6, 6.07) is 13.2. The molecule has 2 aromatic rings. The molecule has 0 radical (unpaired) electrons. The van der Waals surface area contributed by atoms with Crippen LogP contribution in [0.15, 0.2) is 42.5 Å². The number of imide groups is 1. The normalized spacial score (nSPS) is 12.5. The number of aryl methyl sites for hydroxylation is 3. The van der Waals surface area contributed by atoms with Crippen LogP contribution < -0.4 is 5.43 Å². The molecule has 0 unspecified atom stereocenters. The molecule has 4 heteroatoms. The number of carbonyl (C=O) groups excluding carboxylic acids is 2. The summed E-state index contributed by atoms with van der Waals surface area (Å²) in [7, 11) is 0. The van der Waals surface area contributed by atoms with Crippen molar-refractivity contribution in [2.24, 2.45) is 5.41 Å². The lowest BCUT2D eigenvalue weighted by Crippen LogP contribution is -2.55. The second-order valence-corrected chi connectivity index (χ2v) is 9.21. The number of carbonyl (C=O) groups is 2. The third-order valence-corrected chi connectivity index (χ3v) is 5.39. The fourth-order valence-electron chi connectivity index (χ4n) is 3.58. The number of amides is 2. The molecule has 1 atom stereocenters. The van der Waals surface area contributed by atoms with Crippen LogP contribution >= 0.6 is 0 Å². The minimum atomic E-state index is -0.327. The number of hydrogen-bond acceptors (Lipinski definition) is 3. The summed E-state index contributed by atoms with van der Waals surface area (Å²) in [5, 5.41) is 1.22. The van der Waals surface area contributed by atoms with E-state index in [-0.39, 0.29) is 23.3 Å². The Morgan fingerprint density at radius 3 is 1.90 bits per heavy atom. The van der Waals surface area contributed by atoms with E-state index in [0.29, 0.717) is 11.1 Å². The highest BCUT2D eigenvalue weighted by Gasteiger charge is 2.32. The molecule has 162 valence electrons. The van der Waals surface area contributed by atoms with Crippen molar-refractivity contribution in [2.45, 2.75) is 73.8 Å². The molecule has 4 nitrogen and oxygen atoms in total. The van der Waals surface area contributed by atoms with E-state index in [9.17, 15) is 9.59 Å². The van der Waals surface area contributed by atoms with Crippen LogP contribution in [0.5, 0.6) is 0 Å². The van der Waals surface area contributed by atoms with Crippen LogP contribution in [-0.4, -0.2) is 22.9 Å². The molecule has 2 amide bonds. The maximum Gasteiger partial charge on any atom is 0.275 e. The molecule has 2 rings (SSSR count). The Labute approximate surface area is 181 Å². The monoisotopic (exact) mass is 408 g/mol. The van der Waals surface area contributed by atoms with Crippen LogP contribution in [0.4, 0.5) is 0 Å². The van der Waals surface area contributed by atoms with Gasteiger partial charge in [-0.3, -0.25) is 9.59 Å². The zero-order valence-electron chi connectivity index (χ0n) is 19.5. The first-order valence-corrected chi connectivity index (χ1v) is 10.9. The summed E-state index contributed by atoms with van der Waals surface area (Å²) in [6.07, 6.45) is 2.72. The summed E-state index contributed by atoms with van der Waals surface area (Å²) < 4.78 is 0. The van der Waals surface area contributed by atoms with Gasteiger partial charge in [0, 0.05) is 17.2 Å². The Kier molecular flexibility index (Phi) is 7.96. The molecule has 0 spiro atoms. The predicted molar refractivity (Wildman–Crippen MR) is 124 cm³/mol. The van der Waals surface area contributed by atoms with E-state index in [2.05, 4.69) is 40.0 Å². The molecule has 0 saturated carbocycles. The largest absolute Gasteiger partial charge is 0.275 e. The summed E-state index contributed by atoms with van der Waals surface area (Å²) in [5.74, 6) is -0.649. The highest BCUT2D eigenvalue weighted by Crippen LogP contribution is 2.24. The van der Waals surface area contributed by atoms with Gasteiger partial charge >= 0.3 is 0 Å². The molecule has 1 N–H and O–H groups in total. The van der Waals surface area contributed by atoms with Crippen molar-refractivity contribution in [1.82, 2.24) is 10.4 Å². The molecule has 0 aliphatic carbocycles. The Morgan fingerprint density at radius 2 is 1.43 bits per heavy atom. The van der Waals surface area contributed by atoms with E-state index in [1.165, 1.54) is 5.01 Å². The second-order valence-electron chi connectivity index (χ2n) is 9.21. The van der Waals surface area contributed by atoms with E-state index in [1.807, 2.05) is 44.2 Å². The Balaban J connectivity index is 2.46. The smallest absolute Gasteiger partial charge is 0.267 e. The molecule has 0 fully saturated rings. The summed E-state index contributed by atoms with van der Waals surface area (Å²) >= 11 is 0. The number of hydrogen-bond donors (Lipinski definition) is 1. The maximum absolute atomic E-state index is 13.5. The van der Waals surface area contributed by atoms with Crippen molar-refractivity contribution in [3.05, 3.63) is 70.3 Å². The van der Waals surface area contributed by atoms with Gasteiger partial charge in [0.05, 0.1) is 0 Å². The minimum Gasteiger partial charge on any atom is -0.267 e. The average Bonchev–Trinajstić information content (AvgIpc) is 2.68. The van der Waals surface area contributed by atoms with E-state index in [0.717, 1.165) is 36.0 Å². The van der Waals surface area contributed by atoms with Crippen LogP contribution in [-0.2, 0) is 6.42 Å². The second kappa shape index (κ2) is 10.0. The predicted octanol–water partition coefficient (Wildman–Crippen LogP) is 5.87. The van der Waals surface area contributed by atoms with E-state index < -0.39 is 0 Å². The van der Waals surface area contributed by atoms with Crippen molar-refractivity contribution < 1.29 is 9.59 Å². The molecular weight excluding hydrogens is 372 g/mol. The van der Waals surface area contributed by atoms with Gasteiger partial charge in [-0.05, 0) is 61.9 Å². The first-order valence-electron chi connectivity index (χ1n) is 10.9. The van der Waals surface area contributed by atoms with Gasteiger partial charge in [-0.2, -0.15) is 0 Å². The van der Waals surface area contributed by atoms with Crippen LogP contribution in [0.2, 0.25) is 0 Å². The number of rotatable bonds is 7. The van der Waals surface area contributed by atoms with Gasteiger partial charge in [0.1, 0.15) is 0 Å². The third kappa shape index (κ3) is 6.02. The molecule has 0 aromatic heterocycles. The molecule has 0 aliphatic heterocycles. The summed E-state index contributed by atoms with van der Waals surface area (Å²) in [5.41, 5.74) is 7.36. The molecule has 30 heavy (non-hydrogen) atoms. The third-order valence-electron chi connectivity index (χ3n) is 5.39. The van der Waals surface area contributed by atoms with Crippen LogP contribution in [0.1, 0.15) is 84.9 Å². The zero-order valence-corrected chi connectivity index (χ0v) is 19.5. The van der Waals surface area contributed by atoms with Gasteiger partial charge < -0.3 is 0 Å². The van der Waals surface area contributed by atoms with E-state index in [4.69, 9.17) is 0 Å². The SMILES string of the molecule is CCC[C@@H](NN(C(=O)c1ccc(CC)cc1)C(=O)c1cc(C)cc(C)c1)C(C)(C)C. The number of nitrogens with zero attached hydrogens (tertiary/aromatic N) is 1. The Bertz CT molecular complexity index is 859. The topological polar surface area (TPSA) is 49.4 Å². The Morgan fingerprint density at radius 1 is 0.900 bits per heavy atom. The van der Waals surface area contributed by atoms with Gasteiger partial charge in [0.25, 0.3) is 11.8 Å². The van der Waals surface area contributed by atoms with Crippen molar-refractivity contribution in [2.75, 3.05) is 0 Å². The zero-order chi connectivity index (χ0) is 22.5. The minimum absolute atomic E-state index is 0.0174. The summed E-state index contributed by atoms with van der Waals surface area (Å²) in [4.78, 5) is 26.9. The van der Waals surface area contributed by atoms with Gasteiger partial charge in [-0.25, -0.2) is 10.4 Å². The molecule has 2 aromatic carbocycles. The van der Waals surface area contributed by atoms with Crippen LogP contribution in [0.3, 0.4) is 0 Å². The quantitative estimate of drug-likeness (QED) is 0.460. The van der Waals surface area contributed by atoms with Crippen molar-refractivity contribution >= 4 is 11.8 Å². The van der Waals surface area contributed by atoms with Crippen LogP contribution in [0.25, 0.3) is 0 Å². The fourth-order valence-corrected chi connectivity index (χ4v) is 3.58. The average molecular weight is 409 g/mol. The fraction of sp³-hybridized carbons (Fsp3) is 0.462. The van der Waals surface area contributed by atoms with Gasteiger partial charge in [-0.1, -0.05) is 70.4 Å². The number of hydrazine groups is 1. The molecule has 0 saturated heterocycles. The summed E-state index contributed by atoms with van der Waals surface area (Å²) in [6.45, 7) is 14.5. The highest BCUT2D eigenvalue weighted by molar-refractivity contribution is 6.10. The number of benzene rings is 2. The van der Waals surface area contributed by atoms with Gasteiger partial charge in [-0.15, -0.1) is 0 Å². The molecule has 0 heterocycles. The Hall–Kier alpha value is -2.46. The maximum atomic E-state index is 13.5.